The van der Waals surface area contributed by atoms with Gasteiger partial charge in [0, 0.05) is 18.3 Å². The fraction of sp³-hybridized carbons (Fsp3) is 0.389. The predicted octanol–water partition coefficient (Wildman–Crippen LogP) is 4.03. The summed E-state index contributed by atoms with van der Waals surface area (Å²) < 4.78 is 11.4. The Kier molecular flexibility index (Phi) is 6.71. The van der Waals surface area contributed by atoms with Gasteiger partial charge in [-0.15, -0.1) is 0 Å². The molecule has 0 radical (unpaired) electrons. The molecule has 3 rings (SSSR count). The van der Waals surface area contributed by atoms with E-state index in [2.05, 4.69) is 10.3 Å². The van der Waals surface area contributed by atoms with E-state index in [9.17, 15) is 0 Å². The van der Waals surface area contributed by atoms with E-state index in [4.69, 9.17) is 9.47 Å². The molecule has 0 unspecified atom stereocenters. The molecule has 1 aromatic carbocycles. The first-order valence-electron chi connectivity index (χ1n) is 7.95. The van der Waals surface area contributed by atoms with Gasteiger partial charge in [-0.1, -0.05) is 19.9 Å². The molecule has 0 aliphatic carbocycles. The number of hydrogen-bond acceptors (Lipinski definition) is 4. The summed E-state index contributed by atoms with van der Waals surface area (Å²) in [6, 6.07) is 13.7. The molecule has 0 bridgehead atoms. The van der Waals surface area contributed by atoms with Crippen LogP contribution in [0.4, 0.5) is 0 Å². The van der Waals surface area contributed by atoms with E-state index in [0.717, 1.165) is 24.7 Å². The average molecular weight is 300 g/mol. The van der Waals surface area contributed by atoms with Crippen LogP contribution in [-0.2, 0) is 0 Å². The summed E-state index contributed by atoms with van der Waals surface area (Å²) in [6.45, 7) is 5.82. The smallest absolute Gasteiger partial charge is 0.219 e. The van der Waals surface area contributed by atoms with Gasteiger partial charge in [0.2, 0.25) is 5.88 Å². The van der Waals surface area contributed by atoms with Gasteiger partial charge >= 0.3 is 0 Å². The highest BCUT2D eigenvalue weighted by molar-refractivity contribution is 5.33. The molecule has 0 spiro atoms. The van der Waals surface area contributed by atoms with Crippen LogP contribution in [0, 0.1) is 0 Å². The fourth-order valence-corrected chi connectivity index (χ4v) is 2.23. The summed E-state index contributed by atoms with van der Waals surface area (Å²) in [7, 11) is 0. The molecule has 1 fully saturated rings. The van der Waals surface area contributed by atoms with Crippen LogP contribution in [0.3, 0.4) is 0 Å². The molecule has 118 valence electrons. The first-order chi connectivity index (χ1) is 10.9. The van der Waals surface area contributed by atoms with Crippen molar-refractivity contribution in [3.63, 3.8) is 0 Å². The molecule has 22 heavy (non-hydrogen) atoms. The van der Waals surface area contributed by atoms with Crippen molar-refractivity contribution in [1.29, 1.82) is 0 Å². The third-order valence-electron chi connectivity index (χ3n) is 3.30. The van der Waals surface area contributed by atoms with Crippen molar-refractivity contribution in [2.24, 2.45) is 0 Å². The van der Waals surface area contributed by atoms with Crippen molar-refractivity contribution >= 4 is 0 Å². The lowest BCUT2D eigenvalue weighted by Gasteiger charge is -2.12. The SMILES string of the molecule is CC.c1ccc(Oc2ccc(OC[C@H]3CCCN3)cc2)nc1. The molecule has 4 heteroatoms. The van der Waals surface area contributed by atoms with Crippen LogP contribution >= 0.6 is 0 Å². The number of hydrogen-bond donors (Lipinski definition) is 1. The van der Waals surface area contributed by atoms with E-state index in [-0.39, 0.29) is 0 Å². The Bertz CT molecular complexity index is 523. The first-order valence-corrected chi connectivity index (χ1v) is 7.95. The molecule has 0 saturated carbocycles. The van der Waals surface area contributed by atoms with Gasteiger partial charge in [-0.2, -0.15) is 0 Å². The van der Waals surface area contributed by atoms with Crippen LogP contribution < -0.4 is 14.8 Å². The average Bonchev–Trinajstić information content (AvgIpc) is 3.11. The highest BCUT2D eigenvalue weighted by atomic mass is 16.5. The van der Waals surface area contributed by atoms with Gasteiger partial charge in [-0.3, -0.25) is 0 Å². The molecule has 1 saturated heterocycles. The maximum absolute atomic E-state index is 5.76. The number of aromatic nitrogens is 1. The highest BCUT2D eigenvalue weighted by Gasteiger charge is 2.14. The Labute approximate surface area is 132 Å². The van der Waals surface area contributed by atoms with E-state index in [0.29, 0.717) is 11.9 Å². The van der Waals surface area contributed by atoms with E-state index in [1.807, 2.05) is 56.3 Å². The first kappa shape index (κ1) is 16.3. The molecule has 1 aliphatic heterocycles. The Balaban J connectivity index is 0.000000847. The summed E-state index contributed by atoms with van der Waals surface area (Å²) in [5.74, 6) is 2.22. The van der Waals surface area contributed by atoms with E-state index < -0.39 is 0 Å². The van der Waals surface area contributed by atoms with Crippen LogP contribution in [0.1, 0.15) is 26.7 Å². The molecule has 2 heterocycles. The number of pyridine rings is 1. The van der Waals surface area contributed by atoms with Gasteiger partial charge in [-0.25, -0.2) is 4.98 Å². The lowest BCUT2D eigenvalue weighted by molar-refractivity contribution is 0.277. The van der Waals surface area contributed by atoms with E-state index in [1.165, 1.54) is 12.8 Å². The number of ether oxygens (including phenoxy) is 2. The molecule has 1 N–H and O–H groups in total. The van der Waals surface area contributed by atoms with Crippen LogP contribution in [-0.4, -0.2) is 24.2 Å². The van der Waals surface area contributed by atoms with Crippen LogP contribution in [0.25, 0.3) is 0 Å². The Morgan fingerprint density at radius 2 is 1.86 bits per heavy atom. The maximum atomic E-state index is 5.76. The minimum atomic E-state index is 0.486. The molecule has 1 aromatic heterocycles. The van der Waals surface area contributed by atoms with Crippen molar-refractivity contribution in [1.82, 2.24) is 10.3 Å². The minimum Gasteiger partial charge on any atom is -0.492 e. The Morgan fingerprint density at radius 1 is 1.09 bits per heavy atom. The second kappa shape index (κ2) is 9.05. The molecule has 4 nitrogen and oxygen atoms in total. The number of rotatable bonds is 5. The zero-order valence-corrected chi connectivity index (χ0v) is 13.3. The van der Waals surface area contributed by atoms with Gasteiger partial charge in [0.1, 0.15) is 18.1 Å². The lowest BCUT2D eigenvalue weighted by Crippen LogP contribution is -2.28. The lowest BCUT2D eigenvalue weighted by atomic mass is 10.2. The van der Waals surface area contributed by atoms with E-state index in [1.54, 1.807) is 6.20 Å². The van der Waals surface area contributed by atoms with Crippen molar-refractivity contribution in [2.45, 2.75) is 32.7 Å². The second-order valence-corrected chi connectivity index (χ2v) is 4.85. The minimum absolute atomic E-state index is 0.486. The fourth-order valence-electron chi connectivity index (χ4n) is 2.23. The Hall–Kier alpha value is -2.07. The van der Waals surface area contributed by atoms with Gasteiger partial charge in [0.25, 0.3) is 0 Å². The van der Waals surface area contributed by atoms with Crippen molar-refractivity contribution in [2.75, 3.05) is 13.2 Å². The van der Waals surface area contributed by atoms with Crippen LogP contribution in [0.2, 0.25) is 0 Å². The zero-order chi connectivity index (χ0) is 15.6. The van der Waals surface area contributed by atoms with Gasteiger partial charge in [0.05, 0.1) is 0 Å². The summed E-state index contributed by atoms with van der Waals surface area (Å²) in [4.78, 5) is 4.12. The molecular weight excluding hydrogens is 276 g/mol. The number of nitrogens with one attached hydrogen (secondary N) is 1. The van der Waals surface area contributed by atoms with Gasteiger partial charge in [-0.05, 0) is 49.7 Å². The molecule has 0 amide bonds. The van der Waals surface area contributed by atoms with E-state index >= 15 is 0 Å². The van der Waals surface area contributed by atoms with Crippen molar-refractivity contribution in [3.8, 4) is 17.4 Å². The summed E-state index contributed by atoms with van der Waals surface area (Å²) in [6.07, 6.45) is 4.15. The Morgan fingerprint density at radius 3 is 2.50 bits per heavy atom. The zero-order valence-electron chi connectivity index (χ0n) is 13.3. The largest absolute Gasteiger partial charge is 0.492 e. The van der Waals surface area contributed by atoms with Crippen LogP contribution in [0.15, 0.2) is 48.7 Å². The van der Waals surface area contributed by atoms with Crippen LogP contribution in [0.5, 0.6) is 17.4 Å². The molecule has 1 atom stereocenters. The molecule has 1 aliphatic rings. The quantitative estimate of drug-likeness (QED) is 0.905. The summed E-state index contributed by atoms with van der Waals surface area (Å²) in [5.41, 5.74) is 0. The third-order valence-corrected chi connectivity index (χ3v) is 3.30. The molecular formula is C18H24N2O2. The predicted molar refractivity (Wildman–Crippen MR) is 88.6 cm³/mol. The topological polar surface area (TPSA) is 43.4 Å². The maximum Gasteiger partial charge on any atom is 0.219 e. The monoisotopic (exact) mass is 300 g/mol. The standard InChI is InChI=1S/C16H18N2O2.C2H6/c1-2-10-18-16(5-1)20-15-8-6-14(7-9-15)19-12-13-4-3-11-17-13;1-2/h1-2,5-10,13,17H,3-4,11-12H2;1-2H3/t13-;/m1./s1. The number of benzene rings is 1. The molecule has 2 aromatic rings. The van der Waals surface area contributed by atoms with Gasteiger partial charge < -0.3 is 14.8 Å². The highest BCUT2D eigenvalue weighted by Crippen LogP contribution is 2.22. The van der Waals surface area contributed by atoms with Crippen molar-refractivity contribution in [3.05, 3.63) is 48.7 Å². The summed E-state index contributed by atoms with van der Waals surface area (Å²) in [5, 5.41) is 3.41. The van der Waals surface area contributed by atoms with Gasteiger partial charge in [0.15, 0.2) is 0 Å². The third kappa shape index (κ3) is 5.04. The summed E-state index contributed by atoms with van der Waals surface area (Å²) >= 11 is 0. The normalized spacial score (nSPS) is 16.5. The van der Waals surface area contributed by atoms with Crippen molar-refractivity contribution < 1.29 is 9.47 Å². The number of nitrogens with zero attached hydrogens (tertiary/aromatic N) is 1. The second-order valence-electron chi connectivity index (χ2n) is 4.85.